The number of rotatable bonds is 6. The predicted octanol–water partition coefficient (Wildman–Crippen LogP) is 2.58. The third kappa shape index (κ3) is 9.96. The maximum atomic E-state index is 10.6. The molecule has 0 atom stereocenters. The van der Waals surface area contributed by atoms with Gasteiger partial charge in [0, 0.05) is 13.0 Å². The number of hydrogen-bond acceptors (Lipinski definition) is 4. The maximum Gasteiger partial charge on any atom is 0.129 e. The molecule has 1 rings (SSSR count). The fourth-order valence-corrected chi connectivity index (χ4v) is 1.17. The maximum absolute atomic E-state index is 10.6. The number of aliphatic hydroxyl groups excluding tert-OH is 1. The van der Waals surface area contributed by atoms with Crippen molar-refractivity contribution in [3.05, 3.63) is 11.9 Å². The lowest BCUT2D eigenvalue weighted by molar-refractivity contribution is -0.117. The zero-order valence-corrected chi connectivity index (χ0v) is 12.3. The number of carbonyl (C=O) groups excluding carboxylic acids is 1. The molecule has 1 aromatic rings. The van der Waals surface area contributed by atoms with Crippen molar-refractivity contribution in [1.29, 1.82) is 0 Å². The van der Waals surface area contributed by atoms with Gasteiger partial charge in [-0.2, -0.15) is 0 Å². The van der Waals surface area contributed by atoms with Gasteiger partial charge in [0.2, 0.25) is 0 Å². The zero-order chi connectivity index (χ0) is 14.4. The first-order valence-corrected chi connectivity index (χ1v) is 6.71. The van der Waals surface area contributed by atoms with Gasteiger partial charge in [-0.25, -0.2) is 0 Å². The number of Topliss-reactive ketones (excluding diaryl/α,β-unsaturated/α-hetero) is 1. The quantitative estimate of drug-likeness (QED) is 0.795. The molecule has 0 aliphatic heterocycles. The Morgan fingerprint density at radius 2 is 1.89 bits per heavy atom. The van der Waals surface area contributed by atoms with Crippen LogP contribution in [0.4, 0.5) is 0 Å². The lowest BCUT2D eigenvalue weighted by Gasteiger charge is -1.98. The number of nitrogens with zero attached hydrogens (tertiary/aromatic N) is 3. The summed E-state index contributed by atoms with van der Waals surface area (Å²) in [7, 11) is 0. The first-order valence-electron chi connectivity index (χ1n) is 6.71. The number of unbranched alkanes of at least 4 members (excludes halogenated alkanes) is 1. The van der Waals surface area contributed by atoms with Crippen molar-refractivity contribution >= 4 is 5.78 Å². The number of aryl methyl sites for hydroxylation is 1. The molecule has 1 N–H and O–H groups in total. The Morgan fingerprint density at radius 1 is 1.28 bits per heavy atom. The molecule has 0 unspecified atom stereocenters. The number of aromatic nitrogens is 3. The second-order valence-electron chi connectivity index (χ2n) is 3.29. The summed E-state index contributed by atoms with van der Waals surface area (Å²) in [4.78, 5) is 10.6. The van der Waals surface area contributed by atoms with Gasteiger partial charge in [-0.15, -0.1) is 5.10 Å². The summed E-state index contributed by atoms with van der Waals surface area (Å²) in [5, 5.41) is 16.3. The molecule has 0 bridgehead atoms. The molecule has 106 valence electrons. The first-order chi connectivity index (χ1) is 8.72. The lowest BCUT2D eigenvalue weighted by atomic mass is 10.2. The van der Waals surface area contributed by atoms with Crippen molar-refractivity contribution in [2.75, 3.05) is 0 Å². The van der Waals surface area contributed by atoms with Crippen LogP contribution in [0.15, 0.2) is 6.20 Å². The molecular formula is C13H27N3O2. The predicted molar refractivity (Wildman–Crippen MR) is 73.2 cm³/mol. The van der Waals surface area contributed by atoms with E-state index in [4.69, 9.17) is 5.11 Å². The molecule has 0 amide bonds. The molecule has 5 heteroatoms. The minimum absolute atomic E-state index is 0.0759. The highest BCUT2D eigenvalue weighted by atomic mass is 16.3. The van der Waals surface area contributed by atoms with Gasteiger partial charge in [-0.3, -0.25) is 4.68 Å². The van der Waals surface area contributed by atoms with Gasteiger partial charge in [-0.05, 0) is 19.8 Å². The molecule has 0 saturated heterocycles. The van der Waals surface area contributed by atoms with Crippen LogP contribution in [0.1, 0.15) is 59.6 Å². The second-order valence-corrected chi connectivity index (χ2v) is 3.29. The van der Waals surface area contributed by atoms with Crippen molar-refractivity contribution in [3.8, 4) is 0 Å². The van der Waals surface area contributed by atoms with Crippen molar-refractivity contribution in [2.45, 2.75) is 67.0 Å². The summed E-state index contributed by atoms with van der Waals surface area (Å²) < 4.78 is 1.69. The largest absolute Gasteiger partial charge is 0.390 e. The van der Waals surface area contributed by atoms with Gasteiger partial charge < -0.3 is 9.90 Å². The number of carbonyl (C=O) groups is 1. The van der Waals surface area contributed by atoms with E-state index in [1.165, 1.54) is 0 Å². The van der Waals surface area contributed by atoms with Crippen molar-refractivity contribution < 1.29 is 9.90 Å². The van der Waals surface area contributed by atoms with E-state index in [2.05, 4.69) is 10.3 Å². The Bertz CT molecular complexity index is 298. The van der Waals surface area contributed by atoms with Gasteiger partial charge in [0.1, 0.15) is 11.5 Å². The fourth-order valence-electron chi connectivity index (χ4n) is 1.17. The third-order valence-electron chi connectivity index (χ3n) is 1.91. The van der Waals surface area contributed by atoms with Crippen molar-refractivity contribution in [2.24, 2.45) is 0 Å². The Morgan fingerprint density at radius 3 is 2.33 bits per heavy atom. The first kappa shape index (κ1) is 19.1. The van der Waals surface area contributed by atoms with E-state index < -0.39 is 0 Å². The highest BCUT2D eigenvalue weighted by molar-refractivity contribution is 5.75. The minimum atomic E-state index is -0.0759. The highest BCUT2D eigenvalue weighted by Gasteiger charge is 1.99. The van der Waals surface area contributed by atoms with Gasteiger partial charge in [0.15, 0.2) is 0 Å². The molecule has 0 fully saturated rings. The van der Waals surface area contributed by atoms with E-state index in [9.17, 15) is 4.79 Å². The van der Waals surface area contributed by atoms with Crippen LogP contribution in [0.2, 0.25) is 0 Å². The van der Waals surface area contributed by atoms with Crippen LogP contribution in [0.5, 0.6) is 0 Å². The summed E-state index contributed by atoms with van der Waals surface area (Å²) in [5.41, 5.74) is 0.580. The van der Waals surface area contributed by atoms with E-state index in [0.717, 1.165) is 19.4 Å². The third-order valence-corrected chi connectivity index (χ3v) is 1.91. The normalized spacial score (nSPS) is 8.78. The van der Waals surface area contributed by atoms with Gasteiger partial charge >= 0.3 is 0 Å². The van der Waals surface area contributed by atoms with Crippen LogP contribution in [0, 0.1) is 0 Å². The molecule has 0 aliphatic carbocycles. The molecule has 1 heterocycles. The molecule has 0 saturated carbocycles. The Kier molecular flexibility index (Phi) is 14.7. The van der Waals surface area contributed by atoms with Gasteiger partial charge in [0.25, 0.3) is 0 Å². The SMILES string of the molecule is CC.CC.CC(=O)CCCCn1cc(CO)nn1. The monoisotopic (exact) mass is 257 g/mol. The molecule has 0 spiro atoms. The Labute approximate surface area is 110 Å². The smallest absolute Gasteiger partial charge is 0.129 e. The molecule has 0 aliphatic rings. The van der Waals surface area contributed by atoms with Crippen LogP contribution in [0.3, 0.4) is 0 Å². The van der Waals surface area contributed by atoms with Crippen LogP contribution in [-0.4, -0.2) is 25.9 Å². The van der Waals surface area contributed by atoms with Crippen LogP contribution >= 0.6 is 0 Å². The summed E-state index contributed by atoms with van der Waals surface area (Å²) >= 11 is 0. The van der Waals surface area contributed by atoms with Crippen molar-refractivity contribution in [1.82, 2.24) is 15.0 Å². The van der Waals surface area contributed by atoms with Gasteiger partial charge in [-0.1, -0.05) is 32.9 Å². The zero-order valence-electron chi connectivity index (χ0n) is 12.3. The molecular weight excluding hydrogens is 230 g/mol. The van der Waals surface area contributed by atoms with Crippen LogP contribution < -0.4 is 0 Å². The Hall–Kier alpha value is -1.23. The summed E-state index contributed by atoms with van der Waals surface area (Å²) in [6.45, 7) is 10.3. The average molecular weight is 257 g/mol. The Balaban J connectivity index is 0. The molecule has 5 nitrogen and oxygen atoms in total. The van der Waals surface area contributed by atoms with Gasteiger partial charge in [0.05, 0.1) is 12.8 Å². The van der Waals surface area contributed by atoms with E-state index in [1.807, 2.05) is 27.7 Å². The molecule has 0 radical (unpaired) electrons. The number of hydrogen-bond donors (Lipinski definition) is 1. The van der Waals surface area contributed by atoms with Crippen LogP contribution in [0.25, 0.3) is 0 Å². The topological polar surface area (TPSA) is 68.0 Å². The number of aliphatic hydroxyl groups is 1. The fraction of sp³-hybridized carbons (Fsp3) is 0.769. The van der Waals surface area contributed by atoms with Crippen molar-refractivity contribution in [3.63, 3.8) is 0 Å². The summed E-state index contributed by atoms with van der Waals surface area (Å²) in [6, 6.07) is 0. The average Bonchev–Trinajstić information content (AvgIpc) is 2.87. The van der Waals surface area contributed by atoms with Crippen LogP contribution in [-0.2, 0) is 17.9 Å². The number of ketones is 1. The minimum Gasteiger partial charge on any atom is -0.390 e. The summed E-state index contributed by atoms with van der Waals surface area (Å²) in [6.07, 6.45) is 4.13. The standard InChI is InChI=1S/C9H15N3O2.2C2H6/c1-8(14)4-2-3-5-12-6-9(7-13)10-11-12;2*1-2/h6,13H,2-5,7H2,1H3;2*1-2H3. The summed E-state index contributed by atoms with van der Waals surface area (Å²) in [5.74, 6) is 0.222. The van der Waals surface area contributed by atoms with E-state index in [-0.39, 0.29) is 12.4 Å². The molecule has 0 aromatic carbocycles. The molecule has 18 heavy (non-hydrogen) atoms. The van der Waals surface area contributed by atoms with E-state index >= 15 is 0 Å². The highest BCUT2D eigenvalue weighted by Crippen LogP contribution is 2.00. The molecule has 1 aromatic heterocycles. The van der Waals surface area contributed by atoms with E-state index in [0.29, 0.717) is 12.1 Å². The lowest BCUT2D eigenvalue weighted by Crippen LogP contribution is -2.00. The second kappa shape index (κ2) is 13.8. The van der Waals surface area contributed by atoms with E-state index in [1.54, 1.807) is 17.8 Å².